The fraction of sp³-hybridized carbons (Fsp3) is 0.267. The van der Waals surface area contributed by atoms with Crippen molar-refractivity contribution in [3.05, 3.63) is 22.4 Å². The summed E-state index contributed by atoms with van der Waals surface area (Å²) >= 11 is 2.59. The normalized spacial score (nSPS) is 14.0. The van der Waals surface area contributed by atoms with E-state index >= 15 is 0 Å². The number of aromatic nitrogens is 1. The maximum Gasteiger partial charge on any atom is 0.338 e. The highest BCUT2D eigenvalue weighted by Gasteiger charge is 2.33. The molecule has 0 aromatic carbocycles. The minimum Gasteiger partial charge on any atom is -0.330 e. The van der Waals surface area contributed by atoms with E-state index in [4.69, 9.17) is 4.84 Å². The van der Waals surface area contributed by atoms with Gasteiger partial charge in [-0.3, -0.25) is 14.4 Å². The van der Waals surface area contributed by atoms with Crippen molar-refractivity contribution in [2.24, 2.45) is 0 Å². The van der Waals surface area contributed by atoms with Crippen LogP contribution in [-0.2, 0) is 30.4 Å². The van der Waals surface area contributed by atoms with Crippen LogP contribution in [0.15, 0.2) is 17.5 Å². The molecule has 2 aromatic rings. The Morgan fingerprint density at radius 1 is 1.32 bits per heavy atom. The van der Waals surface area contributed by atoms with Crippen molar-refractivity contribution in [1.29, 1.82) is 0 Å². The van der Waals surface area contributed by atoms with Gasteiger partial charge in [-0.25, -0.2) is 9.78 Å². The van der Waals surface area contributed by atoms with Crippen molar-refractivity contribution in [2.45, 2.75) is 26.2 Å². The highest BCUT2D eigenvalue weighted by Crippen LogP contribution is 2.34. The molecule has 8 nitrogen and oxygen atoms in total. The molecule has 0 saturated carbocycles. The molecular weight excluding hydrogens is 366 g/mol. The molecule has 0 unspecified atom stereocenters. The Hall–Kier alpha value is -2.59. The van der Waals surface area contributed by atoms with Crippen LogP contribution < -0.4 is 5.32 Å². The summed E-state index contributed by atoms with van der Waals surface area (Å²) in [5.74, 6) is -2.06. The highest BCUT2D eigenvalue weighted by molar-refractivity contribution is 7.17. The number of imide groups is 1. The SMILES string of the molecule is CC(=O)Nc1nc(-c2cccs2)c(CC(=O)ON2C(=O)CCC2=O)s1. The molecule has 25 heavy (non-hydrogen) atoms. The fourth-order valence-electron chi connectivity index (χ4n) is 2.20. The zero-order valence-electron chi connectivity index (χ0n) is 13.1. The van der Waals surface area contributed by atoms with Gasteiger partial charge >= 0.3 is 5.97 Å². The van der Waals surface area contributed by atoms with Gasteiger partial charge in [-0.15, -0.1) is 27.7 Å². The van der Waals surface area contributed by atoms with Gasteiger partial charge in [-0.1, -0.05) is 6.07 Å². The fourth-order valence-corrected chi connectivity index (χ4v) is 4.02. The van der Waals surface area contributed by atoms with Crippen LogP contribution in [0.1, 0.15) is 24.6 Å². The van der Waals surface area contributed by atoms with E-state index in [-0.39, 0.29) is 25.2 Å². The first-order chi connectivity index (χ1) is 11.9. The minimum atomic E-state index is -0.737. The molecule has 1 saturated heterocycles. The second-order valence-electron chi connectivity index (χ2n) is 5.17. The molecule has 0 atom stereocenters. The summed E-state index contributed by atoms with van der Waals surface area (Å²) in [6, 6.07) is 3.70. The van der Waals surface area contributed by atoms with Gasteiger partial charge in [0.25, 0.3) is 11.8 Å². The maximum absolute atomic E-state index is 12.1. The van der Waals surface area contributed by atoms with E-state index in [1.165, 1.54) is 18.3 Å². The summed E-state index contributed by atoms with van der Waals surface area (Å²) in [7, 11) is 0. The van der Waals surface area contributed by atoms with Crippen LogP contribution >= 0.6 is 22.7 Å². The lowest BCUT2D eigenvalue weighted by Gasteiger charge is -2.12. The van der Waals surface area contributed by atoms with Crippen LogP contribution in [0.2, 0.25) is 0 Å². The lowest BCUT2D eigenvalue weighted by Crippen LogP contribution is -2.32. The van der Waals surface area contributed by atoms with Crippen LogP contribution in [0.5, 0.6) is 0 Å². The Morgan fingerprint density at radius 2 is 2.04 bits per heavy atom. The average molecular weight is 379 g/mol. The van der Waals surface area contributed by atoms with Crippen molar-refractivity contribution in [1.82, 2.24) is 10.0 Å². The van der Waals surface area contributed by atoms with Gasteiger partial charge < -0.3 is 10.2 Å². The number of hydrogen-bond donors (Lipinski definition) is 1. The molecule has 1 aliphatic heterocycles. The third kappa shape index (κ3) is 3.91. The first-order valence-corrected chi connectivity index (χ1v) is 9.01. The predicted octanol–water partition coefficient (Wildman–Crippen LogP) is 1.98. The van der Waals surface area contributed by atoms with Crippen LogP contribution in [0.3, 0.4) is 0 Å². The van der Waals surface area contributed by atoms with Crippen molar-refractivity contribution < 1.29 is 24.0 Å². The van der Waals surface area contributed by atoms with Crippen LogP contribution in [0.4, 0.5) is 5.13 Å². The van der Waals surface area contributed by atoms with Gasteiger partial charge in [0.2, 0.25) is 5.91 Å². The van der Waals surface area contributed by atoms with E-state index in [0.29, 0.717) is 20.8 Å². The van der Waals surface area contributed by atoms with E-state index in [9.17, 15) is 19.2 Å². The van der Waals surface area contributed by atoms with Gasteiger partial charge in [-0.2, -0.15) is 0 Å². The number of hydrogen-bond acceptors (Lipinski definition) is 8. The summed E-state index contributed by atoms with van der Waals surface area (Å²) in [6.45, 7) is 1.37. The number of carbonyl (C=O) groups is 4. The Balaban J connectivity index is 1.79. The van der Waals surface area contributed by atoms with Gasteiger partial charge in [0.05, 0.1) is 17.0 Å². The summed E-state index contributed by atoms with van der Waals surface area (Å²) in [6.07, 6.45) is -0.0822. The molecule has 3 rings (SSSR count). The molecule has 0 spiro atoms. The van der Waals surface area contributed by atoms with E-state index in [1.54, 1.807) is 0 Å². The van der Waals surface area contributed by atoms with E-state index < -0.39 is 17.8 Å². The highest BCUT2D eigenvalue weighted by atomic mass is 32.1. The zero-order valence-corrected chi connectivity index (χ0v) is 14.7. The molecule has 2 aromatic heterocycles. The molecule has 0 radical (unpaired) electrons. The van der Waals surface area contributed by atoms with Crippen LogP contribution in [0.25, 0.3) is 10.6 Å². The van der Waals surface area contributed by atoms with Gasteiger partial charge in [0.15, 0.2) is 5.13 Å². The summed E-state index contributed by atoms with van der Waals surface area (Å²) < 4.78 is 0. The Bertz CT molecular complexity index is 827. The smallest absolute Gasteiger partial charge is 0.330 e. The van der Waals surface area contributed by atoms with Crippen molar-refractivity contribution in [3.8, 4) is 10.6 Å². The Labute approximate surface area is 150 Å². The molecule has 0 bridgehead atoms. The van der Waals surface area contributed by atoms with E-state index in [1.807, 2.05) is 17.5 Å². The van der Waals surface area contributed by atoms with Crippen molar-refractivity contribution >= 4 is 51.5 Å². The predicted molar refractivity (Wildman–Crippen MR) is 90.6 cm³/mol. The second-order valence-corrected chi connectivity index (χ2v) is 7.20. The maximum atomic E-state index is 12.1. The number of nitrogens with one attached hydrogen (secondary N) is 1. The molecule has 1 N–H and O–H groups in total. The number of rotatable bonds is 5. The monoisotopic (exact) mass is 379 g/mol. The van der Waals surface area contributed by atoms with Crippen LogP contribution in [-0.4, -0.2) is 33.7 Å². The minimum absolute atomic E-state index is 0.0415. The third-order valence-corrected chi connectivity index (χ3v) is 5.09. The molecule has 130 valence electrons. The Morgan fingerprint density at radius 3 is 2.64 bits per heavy atom. The molecule has 3 heterocycles. The first-order valence-electron chi connectivity index (χ1n) is 7.32. The molecule has 10 heteroatoms. The van der Waals surface area contributed by atoms with Crippen molar-refractivity contribution in [2.75, 3.05) is 5.32 Å². The summed E-state index contributed by atoms with van der Waals surface area (Å²) in [5.41, 5.74) is 0.569. The molecule has 0 aliphatic carbocycles. The quantitative estimate of drug-likeness (QED) is 0.797. The van der Waals surface area contributed by atoms with Crippen molar-refractivity contribution in [3.63, 3.8) is 0 Å². The van der Waals surface area contributed by atoms with Gasteiger partial charge in [0, 0.05) is 24.6 Å². The van der Waals surface area contributed by atoms with Crippen LogP contribution in [0, 0.1) is 0 Å². The Kier molecular flexibility index (Phi) is 4.91. The van der Waals surface area contributed by atoms with Gasteiger partial charge in [0.1, 0.15) is 0 Å². The topological polar surface area (TPSA) is 106 Å². The third-order valence-electron chi connectivity index (χ3n) is 3.24. The average Bonchev–Trinajstić information content (AvgIpc) is 3.24. The number of thiophene rings is 1. The first kappa shape index (κ1) is 17.2. The number of hydroxylamine groups is 2. The van der Waals surface area contributed by atoms with E-state index in [2.05, 4.69) is 10.3 Å². The molecular formula is C15H13N3O5S2. The number of carbonyl (C=O) groups excluding carboxylic acids is 4. The summed E-state index contributed by atoms with van der Waals surface area (Å²) in [5, 5.41) is 5.35. The van der Waals surface area contributed by atoms with Gasteiger partial charge in [-0.05, 0) is 11.4 Å². The number of amides is 3. The number of nitrogens with zero attached hydrogens (tertiary/aromatic N) is 2. The largest absolute Gasteiger partial charge is 0.338 e. The second kappa shape index (κ2) is 7.11. The molecule has 1 aliphatic rings. The zero-order chi connectivity index (χ0) is 18.0. The number of anilines is 1. The summed E-state index contributed by atoms with van der Waals surface area (Å²) in [4.78, 5) is 57.1. The standard InChI is InChI=1S/C15H13N3O5S2/c1-8(19)16-15-17-14(9-3-2-6-24-9)10(25-15)7-13(22)23-18-11(20)4-5-12(18)21/h2-3,6H,4-5,7H2,1H3,(H,16,17,19). The number of thiazole rings is 1. The lowest BCUT2D eigenvalue weighted by atomic mass is 10.2. The molecule has 3 amide bonds. The molecule has 1 fully saturated rings. The lowest BCUT2D eigenvalue weighted by molar-refractivity contribution is -0.196. The van der Waals surface area contributed by atoms with E-state index in [0.717, 1.165) is 16.2 Å².